The molecule has 3 aromatic rings. The number of aryl methyl sites for hydroxylation is 2. The van der Waals surface area contributed by atoms with Crippen LogP contribution in [0.15, 0.2) is 39.5 Å². The summed E-state index contributed by atoms with van der Waals surface area (Å²) in [6.07, 6.45) is -4.46. The number of benzene rings is 1. The van der Waals surface area contributed by atoms with Crippen LogP contribution in [0.3, 0.4) is 0 Å². The van der Waals surface area contributed by atoms with Gasteiger partial charge in [-0.15, -0.1) is 0 Å². The second kappa shape index (κ2) is 11.1. The first-order chi connectivity index (χ1) is 19.4. The lowest BCUT2D eigenvalue weighted by Gasteiger charge is -2.47. The Balaban J connectivity index is 1.45. The molecule has 11 nitrogen and oxygen atoms in total. The van der Waals surface area contributed by atoms with E-state index in [4.69, 9.17) is 23.4 Å². The highest BCUT2D eigenvalue weighted by Crippen LogP contribution is 2.38. The smallest absolute Gasteiger partial charge is 0.355 e. The summed E-state index contributed by atoms with van der Waals surface area (Å²) in [5, 5.41) is 15.6. The van der Waals surface area contributed by atoms with Crippen LogP contribution >= 0.6 is 0 Å². The molecule has 5 rings (SSSR count). The number of carbonyl (C=O) groups excluding carboxylic acids is 1. The highest BCUT2D eigenvalue weighted by Gasteiger charge is 2.53. The number of rotatable bonds is 6. The molecule has 2 saturated heterocycles. The molecule has 4 heterocycles. The van der Waals surface area contributed by atoms with Crippen molar-refractivity contribution in [3.63, 3.8) is 0 Å². The molecular weight excluding hydrogens is 530 g/mol. The molecule has 2 aliphatic rings. The average molecular weight is 570 g/mol. The third-order valence-corrected chi connectivity index (χ3v) is 7.80. The molecule has 1 aromatic carbocycles. The van der Waals surface area contributed by atoms with E-state index in [0.29, 0.717) is 16.9 Å². The Kier molecular flexibility index (Phi) is 7.90. The van der Waals surface area contributed by atoms with Crippen LogP contribution in [-0.4, -0.2) is 78.5 Å². The molecule has 2 unspecified atom stereocenters. The Morgan fingerprint density at radius 1 is 1.12 bits per heavy atom. The van der Waals surface area contributed by atoms with E-state index in [0.717, 1.165) is 29.9 Å². The largest absolute Gasteiger partial charge is 0.462 e. The zero-order valence-electron chi connectivity index (χ0n) is 24.5. The van der Waals surface area contributed by atoms with E-state index in [-0.39, 0.29) is 17.8 Å². The number of anilines is 1. The molecule has 0 bridgehead atoms. The number of hydrogen-bond donors (Lipinski definition) is 3. The number of aromatic nitrogens is 1. The lowest BCUT2D eigenvalue weighted by atomic mass is 9.89. The number of nitrogens with one attached hydrogen (secondary N) is 2. The van der Waals surface area contributed by atoms with Crippen LogP contribution < -0.4 is 20.6 Å². The van der Waals surface area contributed by atoms with Crippen LogP contribution in [0.2, 0.25) is 0 Å². The summed E-state index contributed by atoms with van der Waals surface area (Å²) < 4.78 is 29.4. The summed E-state index contributed by atoms with van der Waals surface area (Å²) in [7, 11) is 1.47. The number of H-pyrrole nitrogens is 1. The number of piperazine rings is 1. The summed E-state index contributed by atoms with van der Waals surface area (Å²) in [6, 6.07) is 9.04. The van der Waals surface area contributed by atoms with Crippen molar-refractivity contribution in [1.82, 2.24) is 10.3 Å². The minimum absolute atomic E-state index is 0.260. The molecule has 0 saturated carbocycles. The number of aromatic amines is 1. The summed E-state index contributed by atoms with van der Waals surface area (Å²) in [5.41, 5.74) is 1.39. The number of methoxy groups -OCH3 is 1. The Hall–Kier alpha value is -3.38. The maximum absolute atomic E-state index is 12.9. The maximum Gasteiger partial charge on any atom is 0.355 e. The highest BCUT2D eigenvalue weighted by atomic mass is 16.7. The van der Waals surface area contributed by atoms with E-state index in [1.54, 1.807) is 39.0 Å². The molecule has 11 heteroatoms. The lowest BCUT2D eigenvalue weighted by molar-refractivity contribution is -0.305. The molecule has 0 radical (unpaired) electrons. The number of carbonyl (C=O) groups is 1. The van der Waals surface area contributed by atoms with Crippen molar-refractivity contribution in [1.29, 1.82) is 0 Å². The highest BCUT2D eigenvalue weighted by molar-refractivity contribution is 5.93. The van der Waals surface area contributed by atoms with Crippen LogP contribution in [0.25, 0.3) is 11.0 Å². The van der Waals surface area contributed by atoms with E-state index in [9.17, 15) is 14.7 Å². The van der Waals surface area contributed by atoms with Gasteiger partial charge in [0.25, 0.3) is 0 Å². The van der Waals surface area contributed by atoms with Crippen molar-refractivity contribution in [2.45, 2.75) is 83.8 Å². The Bertz CT molecular complexity index is 1470. The zero-order valence-corrected chi connectivity index (χ0v) is 24.5. The van der Waals surface area contributed by atoms with Crippen molar-refractivity contribution in [2.24, 2.45) is 0 Å². The Morgan fingerprint density at radius 3 is 2.46 bits per heavy atom. The van der Waals surface area contributed by atoms with Crippen LogP contribution in [0.5, 0.6) is 5.75 Å². The van der Waals surface area contributed by atoms with Gasteiger partial charge in [0.1, 0.15) is 23.1 Å². The molecule has 222 valence electrons. The first kappa shape index (κ1) is 29.1. The molecule has 2 aromatic heterocycles. The second-order valence-electron chi connectivity index (χ2n) is 11.7. The third-order valence-electron chi connectivity index (χ3n) is 7.80. The van der Waals surface area contributed by atoms with Crippen LogP contribution in [-0.2, 0) is 14.2 Å². The topological polar surface area (TPSA) is 135 Å². The van der Waals surface area contributed by atoms with Gasteiger partial charge in [-0.25, -0.2) is 9.59 Å². The Labute approximate surface area is 238 Å². The van der Waals surface area contributed by atoms with Crippen LogP contribution in [0, 0.1) is 13.8 Å². The first-order valence-electron chi connectivity index (χ1n) is 13.9. The van der Waals surface area contributed by atoms with Gasteiger partial charge in [-0.05, 0) is 65.8 Å². The van der Waals surface area contributed by atoms with E-state index in [2.05, 4.69) is 29.0 Å². The van der Waals surface area contributed by atoms with E-state index in [1.165, 1.54) is 13.2 Å². The van der Waals surface area contributed by atoms with Gasteiger partial charge in [-0.3, -0.25) is 0 Å². The van der Waals surface area contributed by atoms with E-state index < -0.39 is 41.8 Å². The van der Waals surface area contributed by atoms with E-state index in [1.807, 2.05) is 13.0 Å². The van der Waals surface area contributed by atoms with Crippen molar-refractivity contribution >= 4 is 22.6 Å². The molecule has 41 heavy (non-hydrogen) atoms. The van der Waals surface area contributed by atoms with Crippen LogP contribution in [0.1, 0.15) is 49.4 Å². The second-order valence-corrected chi connectivity index (χ2v) is 11.7. The van der Waals surface area contributed by atoms with Crippen molar-refractivity contribution in [3.8, 4) is 5.75 Å². The van der Waals surface area contributed by atoms with Gasteiger partial charge in [-0.1, -0.05) is 0 Å². The fraction of sp³-hybridized carbons (Fsp3) is 0.533. The molecule has 0 aliphatic carbocycles. The quantitative estimate of drug-likeness (QED) is 0.300. The number of fused-ring (bicyclic) bond motifs is 1. The molecule has 3 N–H and O–H groups in total. The number of nitrogens with zero attached hydrogens (tertiary/aromatic N) is 1. The van der Waals surface area contributed by atoms with Gasteiger partial charge in [0, 0.05) is 55.0 Å². The minimum atomic E-state index is -1.38. The predicted octanol–water partition coefficient (Wildman–Crippen LogP) is 3.04. The fourth-order valence-electron chi connectivity index (χ4n) is 5.98. The monoisotopic (exact) mass is 569 g/mol. The molecule has 0 spiro atoms. The number of hydrogen-bond acceptors (Lipinski definition) is 10. The standard InChI is InChI=1S/C30H39N3O8/c1-15-8-10-20(32-15)28(36)40-26-24(35)29(41-30(5,6)27(26)37-7)38-22-11-9-19-21(12-23(34)39-25(19)18(22)4)33-13-16(2)31-17(3)14-33/h8-12,16-17,24,26-27,29,31-32,35H,13-14H2,1-7H3/t16?,17?,24-,26+,27+,29-/m1/s1. The molecule has 2 aliphatic heterocycles. The van der Waals surface area contributed by atoms with Crippen molar-refractivity contribution in [3.05, 3.63) is 57.7 Å². The molecular formula is C30H39N3O8. The summed E-state index contributed by atoms with van der Waals surface area (Å²) in [6.45, 7) is 12.9. The predicted molar refractivity (Wildman–Crippen MR) is 153 cm³/mol. The van der Waals surface area contributed by atoms with Gasteiger partial charge in [-0.2, -0.15) is 0 Å². The first-order valence-corrected chi connectivity index (χ1v) is 13.9. The summed E-state index contributed by atoms with van der Waals surface area (Å²) in [5.74, 6) is -0.269. The zero-order chi connectivity index (χ0) is 29.6. The molecule has 6 atom stereocenters. The summed E-state index contributed by atoms with van der Waals surface area (Å²) >= 11 is 0. The van der Waals surface area contributed by atoms with E-state index >= 15 is 0 Å². The van der Waals surface area contributed by atoms with Gasteiger partial charge in [0.05, 0.1) is 11.3 Å². The summed E-state index contributed by atoms with van der Waals surface area (Å²) in [4.78, 5) is 30.7. The molecule has 0 amide bonds. The number of ether oxygens (including phenoxy) is 4. The number of aliphatic hydroxyl groups is 1. The van der Waals surface area contributed by atoms with Crippen molar-refractivity contribution < 1.29 is 33.3 Å². The average Bonchev–Trinajstić information content (AvgIpc) is 3.34. The van der Waals surface area contributed by atoms with Gasteiger partial charge < -0.3 is 43.7 Å². The van der Waals surface area contributed by atoms with Crippen molar-refractivity contribution in [2.75, 3.05) is 25.1 Å². The molecule has 2 fully saturated rings. The SMILES string of the molecule is CO[C@H]1[C@@H](OC(=O)c2ccc(C)[nH]2)[C@@H](O)[C@H](Oc2ccc3c(N4CC(C)NC(C)C4)cc(=O)oc3c2C)OC1(C)C. The normalized spacial score (nSPS) is 28.0. The minimum Gasteiger partial charge on any atom is -0.462 e. The fourth-order valence-corrected chi connectivity index (χ4v) is 5.98. The van der Waals surface area contributed by atoms with Gasteiger partial charge in [0.2, 0.25) is 6.29 Å². The maximum atomic E-state index is 12.9. The van der Waals surface area contributed by atoms with Crippen LogP contribution in [0.4, 0.5) is 5.69 Å². The number of aliphatic hydroxyl groups excluding tert-OH is 1. The lowest BCUT2D eigenvalue weighted by Crippen LogP contribution is -2.65. The van der Waals surface area contributed by atoms with Gasteiger partial charge >= 0.3 is 11.6 Å². The third kappa shape index (κ3) is 5.72. The Morgan fingerprint density at radius 2 is 1.83 bits per heavy atom. The number of esters is 1. The van der Waals surface area contributed by atoms with Gasteiger partial charge in [0.15, 0.2) is 12.2 Å².